The van der Waals surface area contributed by atoms with E-state index in [-0.39, 0.29) is 5.92 Å². The molecule has 0 bridgehead atoms. The van der Waals surface area contributed by atoms with Gasteiger partial charge < -0.3 is 5.11 Å². The van der Waals surface area contributed by atoms with E-state index in [2.05, 4.69) is 6.58 Å². The van der Waals surface area contributed by atoms with Gasteiger partial charge in [-0.1, -0.05) is 38.2 Å². The fraction of sp³-hybridized carbons (Fsp3) is 0.500. The number of allylic oxidation sites excluding steroid dienone is 2. The standard InChI is InChI=1S/C10H16O2/c1-7(2)5-6-9(8(3)4)10(11)12/h5-6,8-9H,1H2,2-4H3,(H,11,12)/b6-5-. The first-order valence-electron chi connectivity index (χ1n) is 4.01. The quantitative estimate of drug-likeness (QED) is 0.655. The number of aliphatic carboxylic acids is 1. The Labute approximate surface area is 73.6 Å². The smallest absolute Gasteiger partial charge is 0.310 e. The molecule has 0 aromatic heterocycles. The Bertz CT molecular complexity index is 202. The van der Waals surface area contributed by atoms with E-state index < -0.39 is 11.9 Å². The third-order valence-corrected chi connectivity index (χ3v) is 1.59. The van der Waals surface area contributed by atoms with Crippen molar-refractivity contribution in [3.8, 4) is 0 Å². The molecule has 1 unspecified atom stereocenters. The van der Waals surface area contributed by atoms with Crippen LogP contribution < -0.4 is 0 Å². The maximum absolute atomic E-state index is 10.7. The van der Waals surface area contributed by atoms with Gasteiger partial charge in [0.2, 0.25) is 0 Å². The zero-order chi connectivity index (χ0) is 9.72. The van der Waals surface area contributed by atoms with Crippen molar-refractivity contribution in [1.82, 2.24) is 0 Å². The average molecular weight is 168 g/mol. The van der Waals surface area contributed by atoms with Crippen molar-refractivity contribution in [3.63, 3.8) is 0 Å². The first kappa shape index (κ1) is 11.0. The van der Waals surface area contributed by atoms with Crippen LogP contribution in [0.2, 0.25) is 0 Å². The molecule has 1 N–H and O–H groups in total. The summed E-state index contributed by atoms with van der Waals surface area (Å²) < 4.78 is 0. The molecule has 0 aliphatic carbocycles. The Morgan fingerprint density at radius 2 is 2.00 bits per heavy atom. The Morgan fingerprint density at radius 1 is 1.50 bits per heavy atom. The minimum absolute atomic E-state index is 0.123. The van der Waals surface area contributed by atoms with E-state index in [1.165, 1.54) is 0 Å². The summed E-state index contributed by atoms with van der Waals surface area (Å²) in [6.45, 7) is 9.29. The highest BCUT2D eigenvalue weighted by molar-refractivity contribution is 5.72. The van der Waals surface area contributed by atoms with Crippen LogP contribution in [0.3, 0.4) is 0 Å². The van der Waals surface area contributed by atoms with Crippen LogP contribution in [0.5, 0.6) is 0 Å². The topological polar surface area (TPSA) is 37.3 Å². The van der Waals surface area contributed by atoms with E-state index >= 15 is 0 Å². The second-order valence-corrected chi connectivity index (χ2v) is 3.31. The van der Waals surface area contributed by atoms with Gasteiger partial charge in [0.05, 0.1) is 5.92 Å². The van der Waals surface area contributed by atoms with Gasteiger partial charge in [-0.3, -0.25) is 4.79 Å². The van der Waals surface area contributed by atoms with Crippen LogP contribution in [-0.4, -0.2) is 11.1 Å². The lowest BCUT2D eigenvalue weighted by Gasteiger charge is -2.10. The van der Waals surface area contributed by atoms with Gasteiger partial charge in [-0.25, -0.2) is 0 Å². The van der Waals surface area contributed by atoms with Gasteiger partial charge in [0.15, 0.2) is 0 Å². The Hall–Kier alpha value is -1.05. The van der Waals surface area contributed by atoms with Crippen molar-refractivity contribution in [1.29, 1.82) is 0 Å². The van der Waals surface area contributed by atoms with Gasteiger partial charge in [-0.2, -0.15) is 0 Å². The van der Waals surface area contributed by atoms with Crippen LogP contribution in [0.15, 0.2) is 24.3 Å². The van der Waals surface area contributed by atoms with Crippen molar-refractivity contribution < 1.29 is 9.90 Å². The Kier molecular flexibility index (Phi) is 4.34. The summed E-state index contributed by atoms with van der Waals surface area (Å²) in [6.07, 6.45) is 3.44. The molecule has 0 amide bonds. The average Bonchev–Trinajstić information content (AvgIpc) is 1.84. The lowest BCUT2D eigenvalue weighted by molar-refractivity contribution is -0.141. The number of rotatable bonds is 4. The maximum atomic E-state index is 10.7. The highest BCUT2D eigenvalue weighted by Crippen LogP contribution is 2.13. The fourth-order valence-corrected chi connectivity index (χ4v) is 0.858. The molecule has 1 atom stereocenters. The molecule has 0 saturated carbocycles. The predicted octanol–water partition coefficient (Wildman–Crippen LogP) is 2.48. The van der Waals surface area contributed by atoms with E-state index in [0.717, 1.165) is 5.57 Å². The minimum atomic E-state index is -0.775. The molecule has 68 valence electrons. The summed E-state index contributed by atoms with van der Waals surface area (Å²) in [5, 5.41) is 8.78. The molecular weight excluding hydrogens is 152 g/mol. The van der Waals surface area contributed by atoms with Crippen LogP contribution in [0.25, 0.3) is 0 Å². The predicted molar refractivity (Wildman–Crippen MR) is 49.9 cm³/mol. The highest BCUT2D eigenvalue weighted by atomic mass is 16.4. The molecule has 0 fully saturated rings. The summed E-state index contributed by atoms with van der Waals surface area (Å²) in [6, 6.07) is 0. The molecule has 0 aliphatic heterocycles. The monoisotopic (exact) mass is 168 g/mol. The van der Waals surface area contributed by atoms with Crippen molar-refractivity contribution >= 4 is 5.97 Å². The third kappa shape index (κ3) is 3.96. The molecule has 0 aliphatic rings. The first-order valence-corrected chi connectivity index (χ1v) is 4.01. The lowest BCUT2D eigenvalue weighted by atomic mass is 9.95. The molecule has 0 saturated heterocycles. The molecule has 2 heteroatoms. The van der Waals surface area contributed by atoms with Gasteiger partial charge in [0.1, 0.15) is 0 Å². The molecule has 2 nitrogen and oxygen atoms in total. The van der Waals surface area contributed by atoms with Crippen molar-refractivity contribution in [2.75, 3.05) is 0 Å². The second-order valence-electron chi connectivity index (χ2n) is 3.31. The molecule has 12 heavy (non-hydrogen) atoms. The van der Waals surface area contributed by atoms with Crippen molar-refractivity contribution in [3.05, 3.63) is 24.3 Å². The number of carboxylic acid groups (broad SMARTS) is 1. The zero-order valence-electron chi connectivity index (χ0n) is 7.87. The van der Waals surface area contributed by atoms with Crippen LogP contribution in [0.1, 0.15) is 20.8 Å². The number of carboxylic acids is 1. The Balaban J connectivity index is 4.33. The summed E-state index contributed by atoms with van der Waals surface area (Å²) in [5.41, 5.74) is 0.877. The number of hydrogen-bond donors (Lipinski definition) is 1. The molecule has 0 aromatic carbocycles. The minimum Gasteiger partial charge on any atom is -0.481 e. The SMILES string of the molecule is C=C(C)/C=C\C(C(=O)O)C(C)C. The van der Waals surface area contributed by atoms with Crippen LogP contribution in [0, 0.1) is 11.8 Å². The first-order chi connectivity index (χ1) is 5.45. The molecule has 0 spiro atoms. The summed E-state index contributed by atoms with van der Waals surface area (Å²) in [7, 11) is 0. The highest BCUT2D eigenvalue weighted by Gasteiger charge is 2.17. The van der Waals surface area contributed by atoms with Crippen LogP contribution in [-0.2, 0) is 4.79 Å². The largest absolute Gasteiger partial charge is 0.481 e. The summed E-state index contributed by atoms with van der Waals surface area (Å²) in [5.74, 6) is -1.05. The normalized spacial score (nSPS) is 13.7. The van der Waals surface area contributed by atoms with Crippen LogP contribution in [0.4, 0.5) is 0 Å². The molecular formula is C10H16O2. The second kappa shape index (κ2) is 4.75. The summed E-state index contributed by atoms with van der Waals surface area (Å²) in [4.78, 5) is 10.7. The molecule has 0 rings (SSSR count). The van der Waals surface area contributed by atoms with Gasteiger partial charge in [0.25, 0.3) is 0 Å². The van der Waals surface area contributed by atoms with Crippen molar-refractivity contribution in [2.24, 2.45) is 11.8 Å². The van der Waals surface area contributed by atoms with Gasteiger partial charge in [-0.05, 0) is 12.8 Å². The lowest BCUT2D eigenvalue weighted by Crippen LogP contribution is -2.16. The van der Waals surface area contributed by atoms with E-state index in [1.54, 1.807) is 12.2 Å². The molecule has 0 aromatic rings. The van der Waals surface area contributed by atoms with Crippen LogP contribution >= 0.6 is 0 Å². The van der Waals surface area contributed by atoms with Gasteiger partial charge in [-0.15, -0.1) is 0 Å². The Morgan fingerprint density at radius 3 is 2.25 bits per heavy atom. The van der Waals surface area contributed by atoms with E-state index in [4.69, 9.17) is 5.11 Å². The fourth-order valence-electron chi connectivity index (χ4n) is 0.858. The maximum Gasteiger partial charge on any atom is 0.310 e. The number of hydrogen-bond acceptors (Lipinski definition) is 1. The molecule has 0 heterocycles. The van der Waals surface area contributed by atoms with E-state index in [9.17, 15) is 4.79 Å². The van der Waals surface area contributed by atoms with E-state index in [1.807, 2.05) is 20.8 Å². The molecule has 0 radical (unpaired) electrons. The van der Waals surface area contributed by atoms with Gasteiger partial charge >= 0.3 is 5.97 Å². The van der Waals surface area contributed by atoms with Gasteiger partial charge in [0, 0.05) is 0 Å². The summed E-state index contributed by atoms with van der Waals surface area (Å²) >= 11 is 0. The zero-order valence-corrected chi connectivity index (χ0v) is 7.87. The van der Waals surface area contributed by atoms with Crippen molar-refractivity contribution in [2.45, 2.75) is 20.8 Å². The number of carbonyl (C=O) groups is 1. The van der Waals surface area contributed by atoms with E-state index in [0.29, 0.717) is 0 Å². The third-order valence-electron chi connectivity index (χ3n) is 1.59.